The molecule has 0 fully saturated rings. The standard InChI is InChI=1S/C12H16BrN3S/c1-8(2)12-15-5-6-16(12)9(7-14)10-3-4-11(13)17-10/h3-6,8-9H,7,14H2,1-2H3. The van der Waals surface area contributed by atoms with Crippen LogP contribution >= 0.6 is 27.3 Å². The predicted octanol–water partition coefficient (Wildman–Crippen LogP) is 3.38. The molecule has 2 aromatic rings. The van der Waals surface area contributed by atoms with Gasteiger partial charge < -0.3 is 10.3 Å². The molecule has 17 heavy (non-hydrogen) atoms. The number of hydrogen-bond acceptors (Lipinski definition) is 3. The average molecular weight is 314 g/mol. The van der Waals surface area contributed by atoms with Crippen LogP contribution in [0.2, 0.25) is 0 Å². The Labute approximate surface area is 114 Å². The highest BCUT2D eigenvalue weighted by molar-refractivity contribution is 9.11. The van der Waals surface area contributed by atoms with Crippen LogP contribution in [0, 0.1) is 0 Å². The summed E-state index contributed by atoms with van der Waals surface area (Å²) in [5.74, 6) is 1.49. The number of thiophene rings is 1. The van der Waals surface area contributed by atoms with Crippen LogP contribution < -0.4 is 5.73 Å². The Bertz CT molecular complexity index is 489. The molecule has 0 aliphatic rings. The van der Waals surface area contributed by atoms with Crippen LogP contribution in [0.1, 0.15) is 36.5 Å². The van der Waals surface area contributed by atoms with Crippen molar-refractivity contribution in [3.8, 4) is 0 Å². The van der Waals surface area contributed by atoms with Crippen LogP contribution in [-0.4, -0.2) is 16.1 Å². The average Bonchev–Trinajstić information content (AvgIpc) is 2.89. The molecule has 2 heterocycles. The first-order valence-corrected chi connectivity index (χ1v) is 7.22. The molecule has 0 saturated heterocycles. The monoisotopic (exact) mass is 313 g/mol. The summed E-state index contributed by atoms with van der Waals surface area (Å²) < 4.78 is 3.32. The molecule has 0 spiro atoms. The highest BCUT2D eigenvalue weighted by Gasteiger charge is 2.18. The van der Waals surface area contributed by atoms with E-state index in [4.69, 9.17) is 5.73 Å². The van der Waals surface area contributed by atoms with Gasteiger partial charge >= 0.3 is 0 Å². The van der Waals surface area contributed by atoms with E-state index in [1.165, 1.54) is 4.88 Å². The molecule has 1 atom stereocenters. The van der Waals surface area contributed by atoms with Crippen LogP contribution in [0.15, 0.2) is 28.3 Å². The molecule has 3 nitrogen and oxygen atoms in total. The normalized spacial score (nSPS) is 13.2. The zero-order valence-corrected chi connectivity index (χ0v) is 12.3. The first kappa shape index (κ1) is 12.8. The maximum Gasteiger partial charge on any atom is 0.111 e. The SMILES string of the molecule is CC(C)c1nccn1C(CN)c1ccc(Br)s1. The third kappa shape index (κ3) is 2.61. The fraction of sp³-hybridized carbons (Fsp3) is 0.417. The first-order valence-electron chi connectivity index (χ1n) is 5.61. The minimum atomic E-state index is 0.186. The van der Waals surface area contributed by atoms with E-state index < -0.39 is 0 Å². The van der Waals surface area contributed by atoms with E-state index in [-0.39, 0.29) is 6.04 Å². The minimum Gasteiger partial charge on any atom is -0.328 e. The lowest BCUT2D eigenvalue weighted by Gasteiger charge is -2.19. The van der Waals surface area contributed by atoms with Gasteiger partial charge in [0.15, 0.2) is 0 Å². The lowest BCUT2D eigenvalue weighted by molar-refractivity contribution is 0.555. The first-order chi connectivity index (χ1) is 8.13. The maximum absolute atomic E-state index is 5.92. The van der Waals surface area contributed by atoms with Gasteiger partial charge in [0.2, 0.25) is 0 Å². The molecule has 0 aliphatic heterocycles. The highest BCUT2D eigenvalue weighted by atomic mass is 79.9. The number of imidazole rings is 1. The predicted molar refractivity (Wildman–Crippen MR) is 75.5 cm³/mol. The Hall–Kier alpha value is -0.650. The molecule has 2 N–H and O–H groups in total. The smallest absolute Gasteiger partial charge is 0.111 e. The molecule has 92 valence electrons. The van der Waals surface area contributed by atoms with Crippen molar-refractivity contribution in [2.24, 2.45) is 5.73 Å². The second kappa shape index (κ2) is 5.33. The van der Waals surface area contributed by atoms with Gasteiger partial charge in [0, 0.05) is 29.7 Å². The van der Waals surface area contributed by atoms with Gasteiger partial charge in [0.25, 0.3) is 0 Å². The largest absolute Gasteiger partial charge is 0.328 e. The molecule has 0 aliphatic carbocycles. The van der Waals surface area contributed by atoms with Crippen LogP contribution in [-0.2, 0) is 0 Å². The number of rotatable bonds is 4. The van der Waals surface area contributed by atoms with Crippen molar-refractivity contribution in [3.63, 3.8) is 0 Å². The topological polar surface area (TPSA) is 43.8 Å². The van der Waals surface area contributed by atoms with Crippen molar-refractivity contribution in [3.05, 3.63) is 39.0 Å². The fourth-order valence-corrected chi connectivity index (χ4v) is 3.45. The van der Waals surface area contributed by atoms with Crippen molar-refractivity contribution in [2.45, 2.75) is 25.8 Å². The van der Waals surface area contributed by atoms with Gasteiger partial charge in [-0.25, -0.2) is 4.98 Å². The van der Waals surface area contributed by atoms with E-state index in [1.54, 1.807) is 11.3 Å². The summed E-state index contributed by atoms with van der Waals surface area (Å²) in [4.78, 5) is 5.68. The number of nitrogens with zero attached hydrogens (tertiary/aromatic N) is 2. The van der Waals surface area contributed by atoms with Crippen molar-refractivity contribution in [2.75, 3.05) is 6.54 Å². The van der Waals surface area contributed by atoms with E-state index in [1.807, 2.05) is 12.4 Å². The Balaban J connectivity index is 2.38. The quantitative estimate of drug-likeness (QED) is 0.940. The fourth-order valence-electron chi connectivity index (χ4n) is 1.91. The van der Waals surface area contributed by atoms with Crippen molar-refractivity contribution in [1.82, 2.24) is 9.55 Å². The lowest BCUT2D eigenvalue weighted by atomic mass is 10.1. The summed E-state index contributed by atoms with van der Waals surface area (Å²) >= 11 is 5.22. The number of nitrogens with two attached hydrogens (primary N) is 1. The summed E-state index contributed by atoms with van der Waals surface area (Å²) in [6.07, 6.45) is 3.86. The number of halogens is 1. The third-order valence-electron chi connectivity index (χ3n) is 2.70. The second-order valence-electron chi connectivity index (χ2n) is 4.24. The molecule has 0 saturated carbocycles. The highest BCUT2D eigenvalue weighted by Crippen LogP contribution is 2.30. The van der Waals surface area contributed by atoms with Gasteiger partial charge in [0.1, 0.15) is 5.82 Å². The maximum atomic E-state index is 5.92. The molecule has 0 aromatic carbocycles. The van der Waals surface area contributed by atoms with Gasteiger partial charge in [-0.1, -0.05) is 13.8 Å². The zero-order chi connectivity index (χ0) is 12.4. The van der Waals surface area contributed by atoms with Crippen molar-refractivity contribution in [1.29, 1.82) is 0 Å². The van der Waals surface area contributed by atoms with Gasteiger partial charge in [-0.3, -0.25) is 0 Å². The molecule has 2 rings (SSSR count). The number of aromatic nitrogens is 2. The van der Waals surface area contributed by atoms with Gasteiger partial charge in [-0.2, -0.15) is 0 Å². The van der Waals surface area contributed by atoms with E-state index in [2.05, 4.69) is 51.5 Å². The van der Waals surface area contributed by atoms with Crippen LogP contribution in [0.5, 0.6) is 0 Å². The van der Waals surface area contributed by atoms with Gasteiger partial charge in [0.05, 0.1) is 9.83 Å². The molecule has 0 bridgehead atoms. The van der Waals surface area contributed by atoms with Crippen molar-refractivity contribution >= 4 is 27.3 Å². The van der Waals surface area contributed by atoms with Gasteiger partial charge in [-0.15, -0.1) is 11.3 Å². The van der Waals surface area contributed by atoms with E-state index in [0.29, 0.717) is 12.5 Å². The molecular weight excluding hydrogens is 298 g/mol. The summed E-state index contributed by atoms with van der Waals surface area (Å²) in [5, 5.41) is 0. The summed E-state index contributed by atoms with van der Waals surface area (Å²) in [5.41, 5.74) is 5.92. The molecular formula is C12H16BrN3S. The summed E-state index contributed by atoms with van der Waals surface area (Å²) in [7, 11) is 0. The van der Waals surface area contributed by atoms with Crippen LogP contribution in [0.3, 0.4) is 0 Å². The molecule has 2 aromatic heterocycles. The van der Waals surface area contributed by atoms with E-state index in [9.17, 15) is 0 Å². The van der Waals surface area contributed by atoms with Crippen molar-refractivity contribution < 1.29 is 0 Å². The summed E-state index contributed by atoms with van der Waals surface area (Å²) in [6.45, 7) is 4.89. The Morgan fingerprint density at radius 2 is 2.24 bits per heavy atom. The second-order valence-corrected chi connectivity index (χ2v) is 6.74. The molecule has 0 radical (unpaired) electrons. The molecule has 5 heteroatoms. The van der Waals surface area contributed by atoms with Crippen LogP contribution in [0.4, 0.5) is 0 Å². The Morgan fingerprint density at radius 1 is 1.47 bits per heavy atom. The van der Waals surface area contributed by atoms with E-state index >= 15 is 0 Å². The zero-order valence-electron chi connectivity index (χ0n) is 9.93. The molecule has 1 unspecified atom stereocenters. The number of hydrogen-bond donors (Lipinski definition) is 1. The van der Waals surface area contributed by atoms with E-state index in [0.717, 1.165) is 9.61 Å². The van der Waals surface area contributed by atoms with Crippen LogP contribution in [0.25, 0.3) is 0 Å². The third-order valence-corrected chi connectivity index (χ3v) is 4.42. The lowest BCUT2D eigenvalue weighted by Crippen LogP contribution is -2.21. The Kier molecular flexibility index (Phi) is 4.01. The van der Waals surface area contributed by atoms with Gasteiger partial charge in [-0.05, 0) is 28.1 Å². The summed E-state index contributed by atoms with van der Waals surface area (Å²) in [6, 6.07) is 4.37. The molecule has 0 amide bonds. The minimum absolute atomic E-state index is 0.186. The Morgan fingerprint density at radius 3 is 2.76 bits per heavy atom.